The van der Waals surface area contributed by atoms with Gasteiger partial charge < -0.3 is 15.2 Å². The van der Waals surface area contributed by atoms with Crippen molar-refractivity contribution in [2.75, 3.05) is 12.4 Å². The predicted octanol–water partition coefficient (Wildman–Crippen LogP) is 3.84. The van der Waals surface area contributed by atoms with Crippen LogP contribution in [0, 0.1) is 0 Å². The molecule has 2 rings (SSSR count). The first-order valence-corrected chi connectivity index (χ1v) is 8.26. The maximum Gasteiger partial charge on any atom is 0.307 e. The lowest BCUT2D eigenvalue weighted by molar-refractivity contribution is -0.136. The Kier molecular flexibility index (Phi) is 6.57. The summed E-state index contributed by atoms with van der Waals surface area (Å²) < 4.78 is 5.16. The number of ether oxygens (including phenoxy) is 1. The molecule has 0 aliphatic heterocycles. The third-order valence-corrected chi connectivity index (χ3v) is 4.10. The SMILES string of the molecule is CCC(CC(=O)Nc1ccc(CC(=O)O)cc1)c1ccc(OC)cc1. The molecule has 2 aromatic rings. The number of hydrogen-bond donors (Lipinski definition) is 2. The van der Waals surface area contributed by atoms with Crippen LogP contribution in [-0.4, -0.2) is 24.1 Å². The molecule has 0 bridgehead atoms. The summed E-state index contributed by atoms with van der Waals surface area (Å²) in [4.78, 5) is 23.0. The molecule has 132 valence electrons. The largest absolute Gasteiger partial charge is 0.497 e. The van der Waals surface area contributed by atoms with E-state index in [9.17, 15) is 9.59 Å². The van der Waals surface area contributed by atoms with Crippen molar-refractivity contribution in [2.24, 2.45) is 0 Å². The van der Waals surface area contributed by atoms with Crippen LogP contribution in [0.25, 0.3) is 0 Å². The Bertz CT molecular complexity index is 707. The van der Waals surface area contributed by atoms with Crippen molar-refractivity contribution in [1.29, 1.82) is 0 Å². The highest BCUT2D eigenvalue weighted by Crippen LogP contribution is 2.26. The zero-order valence-electron chi connectivity index (χ0n) is 14.5. The van der Waals surface area contributed by atoms with Gasteiger partial charge in [-0.1, -0.05) is 31.2 Å². The van der Waals surface area contributed by atoms with Crippen LogP contribution in [0.3, 0.4) is 0 Å². The van der Waals surface area contributed by atoms with Crippen molar-refractivity contribution < 1.29 is 19.4 Å². The Morgan fingerprint density at radius 1 is 1.08 bits per heavy atom. The van der Waals surface area contributed by atoms with Crippen LogP contribution in [0.4, 0.5) is 5.69 Å². The molecule has 0 aliphatic carbocycles. The molecular formula is C20H23NO4. The average Bonchev–Trinajstić information content (AvgIpc) is 2.61. The van der Waals surface area contributed by atoms with Crippen molar-refractivity contribution in [3.05, 3.63) is 59.7 Å². The van der Waals surface area contributed by atoms with Gasteiger partial charge in [-0.25, -0.2) is 0 Å². The van der Waals surface area contributed by atoms with E-state index in [1.54, 1.807) is 31.4 Å². The van der Waals surface area contributed by atoms with Gasteiger partial charge in [-0.3, -0.25) is 9.59 Å². The number of hydrogen-bond acceptors (Lipinski definition) is 3. The minimum absolute atomic E-state index is 0.0242. The van der Waals surface area contributed by atoms with E-state index >= 15 is 0 Å². The zero-order chi connectivity index (χ0) is 18.2. The fourth-order valence-corrected chi connectivity index (χ4v) is 2.69. The molecule has 1 atom stereocenters. The lowest BCUT2D eigenvalue weighted by atomic mass is 9.93. The molecule has 0 saturated heterocycles. The van der Waals surface area contributed by atoms with Gasteiger partial charge in [-0.15, -0.1) is 0 Å². The summed E-state index contributed by atoms with van der Waals surface area (Å²) in [5, 5.41) is 11.6. The lowest BCUT2D eigenvalue weighted by Gasteiger charge is -2.16. The van der Waals surface area contributed by atoms with Crippen LogP contribution >= 0.6 is 0 Å². The van der Waals surface area contributed by atoms with Crippen molar-refractivity contribution in [3.8, 4) is 5.75 Å². The van der Waals surface area contributed by atoms with Gasteiger partial charge >= 0.3 is 5.97 Å². The van der Waals surface area contributed by atoms with Crippen molar-refractivity contribution in [1.82, 2.24) is 0 Å². The fraction of sp³-hybridized carbons (Fsp3) is 0.300. The number of aliphatic carboxylic acids is 1. The molecule has 0 radical (unpaired) electrons. The second kappa shape index (κ2) is 8.87. The van der Waals surface area contributed by atoms with Crippen LogP contribution in [0.15, 0.2) is 48.5 Å². The molecule has 0 spiro atoms. The van der Waals surface area contributed by atoms with Gasteiger partial charge in [0.05, 0.1) is 13.5 Å². The number of methoxy groups -OCH3 is 1. The molecule has 0 aliphatic rings. The number of carbonyl (C=O) groups is 2. The summed E-state index contributed by atoms with van der Waals surface area (Å²) >= 11 is 0. The third kappa shape index (κ3) is 5.64. The molecule has 0 aromatic heterocycles. The number of amides is 1. The number of carboxylic acids is 1. The number of anilines is 1. The van der Waals surface area contributed by atoms with E-state index in [0.29, 0.717) is 17.7 Å². The molecule has 5 nitrogen and oxygen atoms in total. The Morgan fingerprint density at radius 2 is 1.72 bits per heavy atom. The van der Waals surface area contributed by atoms with Crippen LogP contribution < -0.4 is 10.1 Å². The summed E-state index contributed by atoms with van der Waals surface area (Å²) in [6.45, 7) is 2.06. The van der Waals surface area contributed by atoms with E-state index in [1.807, 2.05) is 24.3 Å². The van der Waals surface area contributed by atoms with Gasteiger partial charge in [0.15, 0.2) is 0 Å². The van der Waals surface area contributed by atoms with Crippen LogP contribution in [0.2, 0.25) is 0 Å². The number of carbonyl (C=O) groups excluding carboxylic acids is 1. The smallest absolute Gasteiger partial charge is 0.307 e. The first-order valence-electron chi connectivity index (χ1n) is 8.26. The number of carboxylic acid groups (broad SMARTS) is 1. The molecular weight excluding hydrogens is 318 g/mol. The lowest BCUT2D eigenvalue weighted by Crippen LogP contribution is -2.15. The van der Waals surface area contributed by atoms with E-state index in [0.717, 1.165) is 17.7 Å². The highest BCUT2D eigenvalue weighted by atomic mass is 16.5. The number of rotatable bonds is 8. The molecule has 0 saturated carbocycles. The van der Waals surface area contributed by atoms with Gasteiger partial charge in [-0.05, 0) is 47.7 Å². The standard InChI is InChI=1S/C20H23NO4/c1-3-15(16-6-10-18(25-2)11-7-16)13-19(22)21-17-8-4-14(5-9-17)12-20(23)24/h4-11,15H,3,12-13H2,1-2H3,(H,21,22)(H,23,24). The van der Waals surface area contributed by atoms with Crippen molar-refractivity contribution in [3.63, 3.8) is 0 Å². The molecule has 0 fully saturated rings. The summed E-state index contributed by atoms with van der Waals surface area (Å²) in [5.74, 6) is -0.00240. The summed E-state index contributed by atoms with van der Waals surface area (Å²) in [6, 6.07) is 14.7. The predicted molar refractivity (Wildman–Crippen MR) is 97.1 cm³/mol. The topological polar surface area (TPSA) is 75.6 Å². The van der Waals surface area contributed by atoms with E-state index in [1.165, 1.54) is 0 Å². The second-order valence-corrected chi connectivity index (χ2v) is 5.90. The maximum atomic E-state index is 12.3. The molecule has 2 aromatic carbocycles. The van der Waals surface area contributed by atoms with Crippen molar-refractivity contribution in [2.45, 2.75) is 32.1 Å². The minimum Gasteiger partial charge on any atom is -0.497 e. The van der Waals surface area contributed by atoms with Gasteiger partial charge in [0.2, 0.25) is 5.91 Å². The second-order valence-electron chi connectivity index (χ2n) is 5.90. The Morgan fingerprint density at radius 3 is 2.24 bits per heavy atom. The van der Waals surface area contributed by atoms with Gasteiger partial charge in [0, 0.05) is 12.1 Å². The molecule has 5 heteroatoms. The average molecular weight is 341 g/mol. The normalized spacial score (nSPS) is 11.6. The van der Waals surface area contributed by atoms with Crippen LogP contribution in [0.1, 0.15) is 36.8 Å². The first-order chi connectivity index (χ1) is 12.0. The highest BCUT2D eigenvalue weighted by Gasteiger charge is 2.15. The Balaban J connectivity index is 1.96. The first kappa shape index (κ1) is 18.5. The molecule has 2 N–H and O–H groups in total. The zero-order valence-corrected chi connectivity index (χ0v) is 14.5. The third-order valence-electron chi connectivity index (χ3n) is 4.10. The molecule has 1 amide bonds. The van der Waals surface area contributed by atoms with Crippen LogP contribution in [0.5, 0.6) is 5.75 Å². The van der Waals surface area contributed by atoms with E-state index in [4.69, 9.17) is 9.84 Å². The van der Waals surface area contributed by atoms with E-state index in [2.05, 4.69) is 12.2 Å². The number of nitrogens with one attached hydrogen (secondary N) is 1. The Hall–Kier alpha value is -2.82. The number of benzene rings is 2. The summed E-state index contributed by atoms with van der Waals surface area (Å²) in [5.41, 5.74) is 2.48. The van der Waals surface area contributed by atoms with Crippen LogP contribution in [-0.2, 0) is 16.0 Å². The van der Waals surface area contributed by atoms with Crippen molar-refractivity contribution >= 4 is 17.6 Å². The summed E-state index contributed by atoms with van der Waals surface area (Å²) in [6.07, 6.45) is 1.22. The molecule has 1 unspecified atom stereocenters. The monoisotopic (exact) mass is 341 g/mol. The van der Waals surface area contributed by atoms with Gasteiger partial charge in [0.25, 0.3) is 0 Å². The summed E-state index contributed by atoms with van der Waals surface area (Å²) in [7, 11) is 1.63. The maximum absolute atomic E-state index is 12.3. The quantitative estimate of drug-likeness (QED) is 0.765. The van der Waals surface area contributed by atoms with Gasteiger partial charge in [-0.2, -0.15) is 0 Å². The fourth-order valence-electron chi connectivity index (χ4n) is 2.69. The Labute approximate surface area is 147 Å². The minimum atomic E-state index is -0.873. The highest BCUT2D eigenvalue weighted by molar-refractivity contribution is 5.91. The molecule has 25 heavy (non-hydrogen) atoms. The molecule has 0 heterocycles. The van der Waals surface area contributed by atoms with E-state index in [-0.39, 0.29) is 18.2 Å². The van der Waals surface area contributed by atoms with Gasteiger partial charge in [0.1, 0.15) is 5.75 Å². The van der Waals surface area contributed by atoms with E-state index < -0.39 is 5.97 Å².